The molecular formula is C62H117NO5. The van der Waals surface area contributed by atoms with Gasteiger partial charge in [-0.05, 0) is 64.2 Å². The molecule has 6 nitrogen and oxygen atoms in total. The van der Waals surface area contributed by atoms with E-state index in [9.17, 15) is 19.8 Å². The van der Waals surface area contributed by atoms with E-state index < -0.39 is 12.1 Å². The maximum atomic E-state index is 12.4. The fraction of sp³-hybridized carbons (Fsp3) is 0.871. The first-order valence-corrected chi connectivity index (χ1v) is 30.3. The molecule has 68 heavy (non-hydrogen) atoms. The highest BCUT2D eigenvalue weighted by atomic mass is 16.5. The van der Waals surface area contributed by atoms with Crippen molar-refractivity contribution in [1.29, 1.82) is 0 Å². The van der Waals surface area contributed by atoms with E-state index in [1.807, 2.05) is 6.08 Å². The predicted octanol–water partition coefficient (Wildman–Crippen LogP) is 18.8. The summed E-state index contributed by atoms with van der Waals surface area (Å²) in [6.07, 6.45) is 71.8. The maximum absolute atomic E-state index is 12.4. The Morgan fingerprint density at radius 3 is 1.15 bits per heavy atom. The van der Waals surface area contributed by atoms with Crippen molar-refractivity contribution in [3.8, 4) is 0 Å². The highest BCUT2D eigenvalue weighted by Gasteiger charge is 2.18. The van der Waals surface area contributed by atoms with E-state index in [2.05, 4.69) is 43.5 Å². The molecule has 0 aromatic heterocycles. The molecule has 0 radical (unpaired) electrons. The Morgan fingerprint density at radius 2 is 0.735 bits per heavy atom. The van der Waals surface area contributed by atoms with E-state index in [-0.39, 0.29) is 18.5 Å². The molecule has 0 heterocycles. The molecule has 0 spiro atoms. The van der Waals surface area contributed by atoms with Crippen LogP contribution >= 0.6 is 0 Å². The Kier molecular flexibility index (Phi) is 56.0. The van der Waals surface area contributed by atoms with E-state index in [0.29, 0.717) is 19.4 Å². The summed E-state index contributed by atoms with van der Waals surface area (Å²) < 4.78 is 5.49. The third kappa shape index (κ3) is 53.4. The smallest absolute Gasteiger partial charge is 0.305 e. The van der Waals surface area contributed by atoms with Gasteiger partial charge in [0.25, 0.3) is 0 Å². The molecule has 0 rings (SSSR count). The lowest BCUT2D eigenvalue weighted by molar-refractivity contribution is -0.143. The van der Waals surface area contributed by atoms with Crippen molar-refractivity contribution >= 4 is 11.9 Å². The number of carbonyl (C=O) groups is 2. The van der Waals surface area contributed by atoms with Gasteiger partial charge in [-0.2, -0.15) is 0 Å². The third-order valence-corrected chi connectivity index (χ3v) is 13.9. The molecule has 0 aromatic rings. The van der Waals surface area contributed by atoms with Crippen molar-refractivity contribution in [2.24, 2.45) is 0 Å². The van der Waals surface area contributed by atoms with Crippen LogP contribution in [-0.2, 0) is 14.3 Å². The predicted molar refractivity (Wildman–Crippen MR) is 296 cm³/mol. The number of amides is 1. The monoisotopic (exact) mass is 956 g/mol. The Balaban J connectivity index is 3.37. The topological polar surface area (TPSA) is 95.9 Å². The van der Waals surface area contributed by atoms with E-state index in [0.717, 1.165) is 51.4 Å². The van der Waals surface area contributed by atoms with Gasteiger partial charge in [-0.1, -0.05) is 281 Å². The number of hydrogen-bond acceptors (Lipinski definition) is 5. The summed E-state index contributed by atoms with van der Waals surface area (Å²) in [6, 6.07) is -0.626. The molecule has 400 valence electrons. The number of allylic oxidation sites excluding steroid dienone is 5. The Morgan fingerprint density at radius 1 is 0.412 bits per heavy atom. The van der Waals surface area contributed by atoms with Gasteiger partial charge in [0.1, 0.15) is 0 Å². The molecule has 0 saturated carbocycles. The summed E-state index contributed by atoms with van der Waals surface area (Å²) in [5.74, 6) is -0.0625. The molecule has 0 bridgehead atoms. The van der Waals surface area contributed by atoms with Crippen LogP contribution in [0.15, 0.2) is 36.5 Å². The normalized spacial score (nSPS) is 12.8. The van der Waals surface area contributed by atoms with Crippen molar-refractivity contribution in [3.05, 3.63) is 36.5 Å². The van der Waals surface area contributed by atoms with Crippen molar-refractivity contribution < 1.29 is 24.5 Å². The molecule has 0 aliphatic heterocycles. The van der Waals surface area contributed by atoms with Crippen LogP contribution in [0.3, 0.4) is 0 Å². The summed E-state index contributed by atoms with van der Waals surface area (Å²) in [6.45, 7) is 4.87. The Hall–Kier alpha value is -1.92. The molecule has 0 saturated heterocycles. The molecule has 2 unspecified atom stereocenters. The quantitative estimate of drug-likeness (QED) is 0.0321. The second kappa shape index (κ2) is 57.7. The van der Waals surface area contributed by atoms with E-state index in [1.54, 1.807) is 6.08 Å². The van der Waals surface area contributed by atoms with Gasteiger partial charge >= 0.3 is 5.97 Å². The number of aliphatic hydroxyl groups excluding tert-OH is 2. The summed E-state index contributed by atoms with van der Waals surface area (Å²) in [5, 5.41) is 23.0. The van der Waals surface area contributed by atoms with Crippen molar-refractivity contribution in [2.75, 3.05) is 13.2 Å². The summed E-state index contributed by atoms with van der Waals surface area (Å²) >= 11 is 0. The summed E-state index contributed by atoms with van der Waals surface area (Å²) in [4.78, 5) is 24.5. The van der Waals surface area contributed by atoms with Crippen LogP contribution in [0.5, 0.6) is 0 Å². The third-order valence-electron chi connectivity index (χ3n) is 13.9. The number of hydrogen-bond donors (Lipinski definition) is 3. The fourth-order valence-electron chi connectivity index (χ4n) is 9.25. The Bertz CT molecular complexity index is 1100. The van der Waals surface area contributed by atoms with Crippen LogP contribution in [0.25, 0.3) is 0 Å². The number of nitrogens with one attached hydrogen (secondary N) is 1. The SMILES string of the molecule is CCCCC/C=C\C/C=C\CCCCCCCCCC(=O)OCCCCCCCCCCCCCCCCCCCCCCCCCC(=O)NC(CO)C(O)/C=C/CCCCCCCCCCC. The zero-order chi connectivity index (χ0) is 49.3. The highest BCUT2D eigenvalue weighted by molar-refractivity contribution is 5.76. The van der Waals surface area contributed by atoms with E-state index >= 15 is 0 Å². The molecule has 0 aliphatic carbocycles. The van der Waals surface area contributed by atoms with Gasteiger partial charge in [0.05, 0.1) is 25.4 Å². The standard InChI is InChI=1S/C62H117NO5/c1-3-5-7-9-11-13-15-16-17-25-29-32-36-40-44-48-52-56-62(67)68-57-53-49-45-41-37-33-30-27-24-22-20-18-19-21-23-26-28-31-35-39-43-47-51-55-61(66)63-59(58-64)60(65)54-50-46-42-38-34-14-12-10-8-6-4-2/h11,13,16-17,50,54,59-60,64-65H,3-10,12,14-15,18-49,51-53,55-58H2,1-2H3,(H,63,66)/b13-11-,17-16-,54-50+. The first kappa shape index (κ1) is 66.1. The second-order valence-corrected chi connectivity index (χ2v) is 20.7. The largest absolute Gasteiger partial charge is 0.466 e. The minimum Gasteiger partial charge on any atom is -0.466 e. The molecule has 1 amide bonds. The van der Waals surface area contributed by atoms with E-state index in [4.69, 9.17) is 4.74 Å². The van der Waals surface area contributed by atoms with Crippen LogP contribution in [0.2, 0.25) is 0 Å². The van der Waals surface area contributed by atoms with Crippen molar-refractivity contribution in [3.63, 3.8) is 0 Å². The minimum absolute atomic E-state index is 0.00593. The summed E-state index contributed by atoms with van der Waals surface area (Å²) in [5.41, 5.74) is 0. The van der Waals surface area contributed by atoms with Crippen LogP contribution in [0, 0.1) is 0 Å². The minimum atomic E-state index is -0.843. The van der Waals surface area contributed by atoms with Gasteiger partial charge in [-0.25, -0.2) is 0 Å². The second-order valence-electron chi connectivity index (χ2n) is 20.7. The van der Waals surface area contributed by atoms with Crippen LogP contribution in [0.1, 0.15) is 322 Å². The number of aliphatic hydroxyl groups is 2. The van der Waals surface area contributed by atoms with Crippen LogP contribution in [-0.4, -0.2) is 47.4 Å². The first-order chi connectivity index (χ1) is 33.5. The van der Waals surface area contributed by atoms with Crippen molar-refractivity contribution in [1.82, 2.24) is 5.32 Å². The highest BCUT2D eigenvalue weighted by Crippen LogP contribution is 2.17. The van der Waals surface area contributed by atoms with Gasteiger partial charge in [0, 0.05) is 12.8 Å². The molecule has 0 fully saturated rings. The zero-order valence-electron chi connectivity index (χ0n) is 45.6. The van der Waals surface area contributed by atoms with Gasteiger partial charge in [0.2, 0.25) is 5.91 Å². The van der Waals surface area contributed by atoms with Gasteiger partial charge < -0.3 is 20.3 Å². The van der Waals surface area contributed by atoms with Crippen LogP contribution < -0.4 is 5.32 Å². The number of unbranched alkanes of at least 4 members (excludes halogenated alkanes) is 41. The average Bonchev–Trinajstić information content (AvgIpc) is 3.34. The summed E-state index contributed by atoms with van der Waals surface area (Å²) in [7, 11) is 0. The molecule has 3 N–H and O–H groups in total. The molecule has 0 aliphatic rings. The van der Waals surface area contributed by atoms with Gasteiger partial charge in [-0.15, -0.1) is 0 Å². The number of esters is 1. The maximum Gasteiger partial charge on any atom is 0.305 e. The average molecular weight is 957 g/mol. The molecule has 6 heteroatoms. The number of rotatable bonds is 56. The molecule has 2 atom stereocenters. The van der Waals surface area contributed by atoms with Gasteiger partial charge in [0.15, 0.2) is 0 Å². The lowest BCUT2D eigenvalue weighted by Gasteiger charge is -2.20. The lowest BCUT2D eigenvalue weighted by atomic mass is 10.0. The first-order valence-electron chi connectivity index (χ1n) is 30.3. The van der Waals surface area contributed by atoms with E-state index in [1.165, 1.54) is 244 Å². The Labute approximate surface area is 424 Å². The molecule has 0 aromatic carbocycles. The molecular weight excluding hydrogens is 839 g/mol. The number of ether oxygens (including phenoxy) is 1. The lowest BCUT2D eigenvalue weighted by Crippen LogP contribution is -2.45. The van der Waals surface area contributed by atoms with Crippen molar-refractivity contribution in [2.45, 2.75) is 334 Å². The number of carbonyl (C=O) groups excluding carboxylic acids is 2. The fourth-order valence-corrected chi connectivity index (χ4v) is 9.25. The van der Waals surface area contributed by atoms with Crippen LogP contribution in [0.4, 0.5) is 0 Å². The zero-order valence-corrected chi connectivity index (χ0v) is 45.6. The van der Waals surface area contributed by atoms with Gasteiger partial charge in [-0.3, -0.25) is 9.59 Å².